The monoisotopic (exact) mass is 249 g/mol. The van der Waals surface area contributed by atoms with Gasteiger partial charge in [-0.1, -0.05) is 0 Å². The molecule has 0 saturated heterocycles. The lowest BCUT2D eigenvalue weighted by Gasteiger charge is -2.22. The molecule has 1 aromatic carbocycles. The van der Waals surface area contributed by atoms with Gasteiger partial charge in [-0.15, -0.1) is 0 Å². The molecule has 3 nitrogen and oxygen atoms in total. The third kappa shape index (κ3) is 2.33. The Kier molecular flexibility index (Phi) is 2.73. The molecule has 4 heteroatoms. The van der Waals surface area contributed by atoms with E-state index in [1.54, 1.807) is 0 Å². The van der Waals surface area contributed by atoms with E-state index in [0.717, 1.165) is 25.5 Å². The van der Waals surface area contributed by atoms with E-state index in [-0.39, 0.29) is 17.2 Å². The van der Waals surface area contributed by atoms with Crippen LogP contribution in [0.4, 0.5) is 4.39 Å². The van der Waals surface area contributed by atoms with E-state index in [9.17, 15) is 9.18 Å². The van der Waals surface area contributed by atoms with Crippen molar-refractivity contribution in [2.45, 2.75) is 31.7 Å². The summed E-state index contributed by atoms with van der Waals surface area (Å²) >= 11 is 0. The van der Waals surface area contributed by atoms with Crippen molar-refractivity contribution in [1.29, 1.82) is 0 Å². The summed E-state index contributed by atoms with van der Waals surface area (Å²) in [5.74, 6) is -0.415. The summed E-state index contributed by atoms with van der Waals surface area (Å²) < 4.78 is 13.7. The highest BCUT2D eigenvalue weighted by atomic mass is 19.1. The topological polar surface area (TPSA) is 40.5 Å². The van der Waals surface area contributed by atoms with Gasteiger partial charge in [-0.25, -0.2) is 4.39 Å². The number of phenolic OH excluding ortho intramolecular Hbond substituents is 1. The molecule has 2 saturated carbocycles. The van der Waals surface area contributed by atoms with Crippen LogP contribution >= 0.6 is 0 Å². The highest BCUT2D eigenvalue weighted by molar-refractivity contribution is 5.95. The number of aromatic hydroxyl groups is 1. The minimum absolute atomic E-state index is 0.0698. The summed E-state index contributed by atoms with van der Waals surface area (Å²) in [5, 5.41) is 9.17. The Morgan fingerprint density at radius 1 is 1.33 bits per heavy atom. The normalized spacial score (nSPS) is 18.7. The van der Waals surface area contributed by atoms with Crippen molar-refractivity contribution >= 4 is 5.91 Å². The number of rotatable bonds is 4. The van der Waals surface area contributed by atoms with Crippen molar-refractivity contribution < 1.29 is 14.3 Å². The van der Waals surface area contributed by atoms with E-state index in [1.165, 1.54) is 25.0 Å². The Labute approximate surface area is 105 Å². The van der Waals surface area contributed by atoms with Gasteiger partial charge in [0.05, 0.1) is 5.56 Å². The highest BCUT2D eigenvalue weighted by Gasteiger charge is 2.37. The fraction of sp³-hybridized carbons (Fsp3) is 0.500. The second kappa shape index (κ2) is 4.26. The summed E-state index contributed by atoms with van der Waals surface area (Å²) in [4.78, 5) is 14.1. The molecule has 2 fully saturated rings. The van der Waals surface area contributed by atoms with E-state index < -0.39 is 5.82 Å². The minimum Gasteiger partial charge on any atom is -0.508 e. The SMILES string of the molecule is O=C(c1ccc(O)cc1F)N(CC1CC1)C1CC1. The Balaban J connectivity index is 1.81. The average molecular weight is 249 g/mol. The van der Waals surface area contributed by atoms with Gasteiger partial charge in [0.25, 0.3) is 5.91 Å². The Hall–Kier alpha value is -1.58. The number of benzene rings is 1. The highest BCUT2D eigenvalue weighted by Crippen LogP contribution is 2.36. The van der Waals surface area contributed by atoms with Gasteiger partial charge in [0.1, 0.15) is 11.6 Å². The first-order valence-corrected chi connectivity index (χ1v) is 6.44. The number of carbonyl (C=O) groups excluding carboxylic acids is 1. The van der Waals surface area contributed by atoms with Crippen molar-refractivity contribution in [3.05, 3.63) is 29.6 Å². The number of carbonyl (C=O) groups is 1. The van der Waals surface area contributed by atoms with Gasteiger partial charge >= 0.3 is 0 Å². The van der Waals surface area contributed by atoms with Crippen molar-refractivity contribution in [1.82, 2.24) is 4.90 Å². The quantitative estimate of drug-likeness (QED) is 0.890. The van der Waals surface area contributed by atoms with E-state index in [1.807, 2.05) is 4.90 Å². The van der Waals surface area contributed by atoms with Crippen LogP contribution in [-0.4, -0.2) is 28.5 Å². The lowest BCUT2D eigenvalue weighted by molar-refractivity contribution is 0.0730. The van der Waals surface area contributed by atoms with Crippen LogP contribution in [0.15, 0.2) is 18.2 Å². The van der Waals surface area contributed by atoms with Crippen LogP contribution in [-0.2, 0) is 0 Å². The number of phenols is 1. The first kappa shape index (κ1) is 11.5. The molecule has 3 rings (SSSR count). The maximum Gasteiger partial charge on any atom is 0.257 e. The average Bonchev–Trinajstić information content (AvgIpc) is 3.18. The van der Waals surface area contributed by atoms with Crippen molar-refractivity contribution in [2.24, 2.45) is 5.92 Å². The van der Waals surface area contributed by atoms with E-state index in [2.05, 4.69) is 0 Å². The number of nitrogens with zero attached hydrogens (tertiary/aromatic N) is 1. The van der Waals surface area contributed by atoms with Gasteiger partial charge in [-0.3, -0.25) is 4.79 Å². The first-order valence-electron chi connectivity index (χ1n) is 6.44. The number of amides is 1. The second-order valence-corrected chi connectivity index (χ2v) is 5.30. The zero-order valence-corrected chi connectivity index (χ0v) is 10.1. The maximum atomic E-state index is 13.7. The van der Waals surface area contributed by atoms with Crippen molar-refractivity contribution in [3.8, 4) is 5.75 Å². The van der Waals surface area contributed by atoms with Crippen LogP contribution in [0, 0.1) is 11.7 Å². The zero-order chi connectivity index (χ0) is 12.7. The maximum absolute atomic E-state index is 13.7. The molecule has 0 aliphatic heterocycles. The van der Waals surface area contributed by atoms with Crippen LogP contribution in [0.25, 0.3) is 0 Å². The van der Waals surface area contributed by atoms with E-state index in [4.69, 9.17) is 5.11 Å². The molecular formula is C14H16FNO2. The predicted molar refractivity (Wildman–Crippen MR) is 64.8 cm³/mol. The molecule has 2 aliphatic rings. The molecule has 1 amide bonds. The van der Waals surface area contributed by atoms with Gasteiger partial charge in [-0.2, -0.15) is 0 Å². The predicted octanol–water partition coefficient (Wildman–Crippen LogP) is 2.55. The van der Waals surface area contributed by atoms with Crippen LogP contribution in [0.2, 0.25) is 0 Å². The molecular weight excluding hydrogens is 233 g/mol. The summed E-state index contributed by atoms with van der Waals surface area (Å²) in [6.07, 6.45) is 4.40. The lowest BCUT2D eigenvalue weighted by atomic mass is 10.1. The number of halogens is 1. The van der Waals surface area contributed by atoms with Gasteiger partial charge < -0.3 is 10.0 Å². The zero-order valence-electron chi connectivity index (χ0n) is 10.1. The lowest BCUT2D eigenvalue weighted by Crippen LogP contribution is -2.35. The second-order valence-electron chi connectivity index (χ2n) is 5.30. The fourth-order valence-corrected chi connectivity index (χ4v) is 2.19. The number of hydrogen-bond acceptors (Lipinski definition) is 2. The summed E-state index contributed by atoms with van der Waals surface area (Å²) in [5.41, 5.74) is 0.0698. The molecule has 0 atom stereocenters. The number of hydrogen-bond donors (Lipinski definition) is 1. The molecule has 1 aromatic rings. The smallest absolute Gasteiger partial charge is 0.257 e. The molecule has 0 heterocycles. The molecule has 0 unspecified atom stereocenters. The van der Waals surface area contributed by atoms with Gasteiger partial charge in [0.15, 0.2) is 0 Å². The van der Waals surface area contributed by atoms with Crippen LogP contribution in [0.5, 0.6) is 5.75 Å². The molecule has 0 bridgehead atoms. The van der Waals surface area contributed by atoms with Crippen molar-refractivity contribution in [3.63, 3.8) is 0 Å². The first-order chi connectivity index (χ1) is 8.65. The van der Waals surface area contributed by atoms with Crippen LogP contribution < -0.4 is 0 Å². The Morgan fingerprint density at radius 2 is 2.06 bits per heavy atom. The molecule has 0 spiro atoms. The summed E-state index contributed by atoms with van der Waals surface area (Å²) in [7, 11) is 0. The molecule has 2 aliphatic carbocycles. The molecule has 18 heavy (non-hydrogen) atoms. The van der Waals surface area contributed by atoms with Crippen molar-refractivity contribution in [2.75, 3.05) is 6.54 Å². The third-order valence-corrected chi connectivity index (χ3v) is 3.58. The Bertz CT molecular complexity index is 481. The van der Waals surface area contributed by atoms with Gasteiger partial charge in [-0.05, 0) is 43.7 Å². The van der Waals surface area contributed by atoms with Crippen LogP contribution in [0.1, 0.15) is 36.0 Å². The van der Waals surface area contributed by atoms with Gasteiger partial charge in [0.2, 0.25) is 0 Å². The van der Waals surface area contributed by atoms with Crippen LogP contribution in [0.3, 0.4) is 0 Å². The summed E-state index contributed by atoms with van der Waals surface area (Å²) in [6.45, 7) is 0.754. The minimum atomic E-state index is -0.638. The molecule has 96 valence electrons. The standard InChI is InChI=1S/C14H16FNO2/c15-13-7-11(17)5-6-12(13)14(18)16(10-3-4-10)8-9-1-2-9/h5-7,9-10,17H,1-4,8H2. The van der Waals surface area contributed by atoms with E-state index in [0.29, 0.717) is 12.0 Å². The molecule has 1 N–H and O–H groups in total. The van der Waals surface area contributed by atoms with Gasteiger partial charge in [0, 0.05) is 18.7 Å². The molecule has 0 radical (unpaired) electrons. The Morgan fingerprint density at radius 3 is 2.61 bits per heavy atom. The third-order valence-electron chi connectivity index (χ3n) is 3.58. The molecule has 0 aromatic heterocycles. The van der Waals surface area contributed by atoms with E-state index >= 15 is 0 Å². The largest absolute Gasteiger partial charge is 0.508 e. The summed E-state index contributed by atoms with van der Waals surface area (Å²) in [6, 6.07) is 4.02. The fourth-order valence-electron chi connectivity index (χ4n) is 2.19.